The minimum Gasteiger partial charge on any atom is -0.369 e. The summed E-state index contributed by atoms with van der Waals surface area (Å²) in [5.74, 6) is -0.882. The Morgan fingerprint density at radius 1 is 1.23 bits per heavy atom. The number of nitrogens with two attached hydrogens (primary N) is 1. The number of urea groups is 1. The molecule has 1 aromatic rings. The molecule has 9 heteroatoms. The highest BCUT2D eigenvalue weighted by molar-refractivity contribution is 5.86. The van der Waals surface area contributed by atoms with Gasteiger partial charge in [-0.3, -0.25) is 9.59 Å². The Balaban J connectivity index is 1.69. The lowest BCUT2D eigenvalue weighted by Gasteiger charge is -2.31. The molecule has 172 valence electrons. The molecular formula is C22H34FN5O3. The molecule has 0 saturated carbocycles. The van der Waals surface area contributed by atoms with E-state index >= 15 is 0 Å². The van der Waals surface area contributed by atoms with Gasteiger partial charge >= 0.3 is 6.03 Å². The fraction of sp³-hybridized carbons (Fsp3) is 0.591. The van der Waals surface area contributed by atoms with Crippen molar-refractivity contribution in [2.75, 3.05) is 26.2 Å². The number of hydrogen-bond acceptors (Lipinski definition) is 4. The zero-order chi connectivity index (χ0) is 22.6. The first-order chi connectivity index (χ1) is 14.9. The van der Waals surface area contributed by atoms with Crippen LogP contribution in [0.2, 0.25) is 0 Å². The topological polar surface area (TPSA) is 117 Å². The van der Waals surface area contributed by atoms with Crippen molar-refractivity contribution < 1.29 is 18.8 Å². The molecule has 31 heavy (non-hydrogen) atoms. The second-order valence-corrected chi connectivity index (χ2v) is 7.98. The van der Waals surface area contributed by atoms with Crippen molar-refractivity contribution in [2.24, 2.45) is 11.7 Å². The summed E-state index contributed by atoms with van der Waals surface area (Å²) in [4.78, 5) is 38.2. The number of carbonyl (C=O) groups excluding carboxylic acids is 3. The number of benzene rings is 1. The van der Waals surface area contributed by atoms with Crippen LogP contribution in [0.15, 0.2) is 24.3 Å². The van der Waals surface area contributed by atoms with Gasteiger partial charge in [0.05, 0.1) is 5.92 Å². The van der Waals surface area contributed by atoms with E-state index in [1.807, 2.05) is 6.92 Å². The van der Waals surface area contributed by atoms with E-state index in [4.69, 9.17) is 5.73 Å². The molecule has 1 aliphatic heterocycles. The highest BCUT2D eigenvalue weighted by Gasteiger charge is 2.24. The normalized spacial score (nSPS) is 17.5. The van der Waals surface area contributed by atoms with Crippen molar-refractivity contribution in [3.63, 3.8) is 0 Å². The standard InChI is InChI=1S/C22H34FN5O3/c1-2-5-19(27-22(31)26-14-16-7-9-18(23)10-8-16)21(30)25-11-4-13-28-12-3-6-17(15-28)20(24)29/h7-10,17,19H,2-6,11-15H2,1H3,(H2,24,29)(H,25,30)(H2,26,27,31). The molecule has 0 bridgehead atoms. The van der Waals surface area contributed by atoms with Crippen LogP contribution in [0.4, 0.5) is 9.18 Å². The van der Waals surface area contributed by atoms with E-state index in [9.17, 15) is 18.8 Å². The second kappa shape index (κ2) is 12.9. The summed E-state index contributed by atoms with van der Waals surface area (Å²) in [6.07, 6.45) is 3.83. The SMILES string of the molecule is CCCC(NC(=O)NCc1ccc(F)cc1)C(=O)NCCCN1CCCC(C(N)=O)C1. The van der Waals surface area contributed by atoms with Crippen molar-refractivity contribution in [3.8, 4) is 0 Å². The zero-order valence-corrected chi connectivity index (χ0v) is 18.2. The summed E-state index contributed by atoms with van der Waals surface area (Å²) >= 11 is 0. The number of nitrogens with zero attached hydrogens (tertiary/aromatic N) is 1. The van der Waals surface area contributed by atoms with Gasteiger partial charge in [-0.1, -0.05) is 25.5 Å². The fourth-order valence-electron chi connectivity index (χ4n) is 3.68. The molecule has 0 aromatic heterocycles. The van der Waals surface area contributed by atoms with Gasteiger partial charge in [0.25, 0.3) is 0 Å². The number of carbonyl (C=O) groups is 3. The maximum atomic E-state index is 12.9. The highest BCUT2D eigenvalue weighted by atomic mass is 19.1. The van der Waals surface area contributed by atoms with Crippen LogP contribution in [0, 0.1) is 11.7 Å². The van der Waals surface area contributed by atoms with Crippen LogP contribution in [-0.4, -0.2) is 55.0 Å². The molecule has 1 aliphatic rings. The smallest absolute Gasteiger partial charge is 0.315 e. The molecule has 0 spiro atoms. The molecule has 2 atom stereocenters. The third-order valence-corrected chi connectivity index (χ3v) is 5.42. The van der Waals surface area contributed by atoms with Crippen molar-refractivity contribution in [2.45, 2.75) is 51.6 Å². The van der Waals surface area contributed by atoms with Gasteiger partial charge in [0, 0.05) is 19.6 Å². The monoisotopic (exact) mass is 435 g/mol. The lowest BCUT2D eigenvalue weighted by Crippen LogP contribution is -2.50. The first-order valence-corrected chi connectivity index (χ1v) is 11.0. The molecule has 1 heterocycles. The predicted molar refractivity (Wildman–Crippen MR) is 116 cm³/mol. The van der Waals surface area contributed by atoms with Gasteiger partial charge in [-0.2, -0.15) is 0 Å². The summed E-state index contributed by atoms with van der Waals surface area (Å²) in [7, 11) is 0. The molecule has 2 rings (SSSR count). The van der Waals surface area contributed by atoms with Gasteiger partial charge < -0.3 is 26.6 Å². The third kappa shape index (κ3) is 8.92. The lowest BCUT2D eigenvalue weighted by molar-refractivity contribution is -0.123. The molecule has 8 nitrogen and oxygen atoms in total. The number of amides is 4. The average Bonchev–Trinajstić information content (AvgIpc) is 2.76. The van der Waals surface area contributed by atoms with Gasteiger partial charge in [-0.15, -0.1) is 0 Å². The fourth-order valence-corrected chi connectivity index (χ4v) is 3.68. The van der Waals surface area contributed by atoms with Crippen molar-refractivity contribution in [1.82, 2.24) is 20.9 Å². The molecule has 1 aromatic carbocycles. The van der Waals surface area contributed by atoms with E-state index < -0.39 is 12.1 Å². The van der Waals surface area contributed by atoms with Crippen molar-refractivity contribution >= 4 is 17.8 Å². The van der Waals surface area contributed by atoms with Crippen LogP contribution < -0.4 is 21.7 Å². The Hall–Kier alpha value is -2.68. The van der Waals surface area contributed by atoms with Gasteiger partial charge in [-0.25, -0.2) is 9.18 Å². The Labute approximate surface area is 183 Å². The number of hydrogen-bond donors (Lipinski definition) is 4. The van der Waals surface area contributed by atoms with Crippen LogP contribution in [0.5, 0.6) is 0 Å². The number of halogens is 1. The molecule has 5 N–H and O–H groups in total. The number of primary amides is 1. The largest absolute Gasteiger partial charge is 0.369 e. The zero-order valence-electron chi connectivity index (χ0n) is 18.2. The molecule has 0 radical (unpaired) electrons. The minimum atomic E-state index is -0.618. The maximum Gasteiger partial charge on any atom is 0.315 e. The third-order valence-electron chi connectivity index (χ3n) is 5.42. The van der Waals surface area contributed by atoms with Crippen molar-refractivity contribution in [3.05, 3.63) is 35.6 Å². The predicted octanol–water partition coefficient (Wildman–Crippen LogP) is 1.50. The first kappa shape index (κ1) is 24.6. The van der Waals surface area contributed by atoms with Crippen LogP contribution in [0.3, 0.4) is 0 Å². The molecular weight excluding hydrogens is 401 g/mol. The van der Waals surface area contributed by atoms with Gasteiger partial charge in [0.1, 0.15) is 11.9 Å². The molecule has 2 unspecified atom stereocenters. The summed E-state index contributed by atoms with van der Waals surface area (Å²) in [6, 6.07) is 4.80. The average molecular weight is 436 g/mol. The van der Waals surface area contributed by atoms with Gasteiger partial charge in [0.15, 0.2) is 0 Å². The molecule has 1 saturated heterocycles. The Morgan fingerprint density at radius 3 is 2.65 bits per heavy atom. The molecule has 4 amide bonds. The summed E-state index contributed by atoms with van der Waals surface area (Å²) in [5, 5.41) is 8.28. The Morgan fingerprint density at radius 2 is 1.97 bits per heavy atom. The van der Waals surface area contributed by atoms with Crippen molar-refractivity contribution in [1.29, 1.82) is 0 Å². The summed E-state index contributed by atoms with van der Waals surface area (Å²) < 4.78 is 12.9. The maximum absolute atomic E-state index is 12.9. The summed E-state index contributed by atoms with van der Waals surface area (Å²) in [6.45, 7) is 5.09. The molecule has 1 fully saturated rings. The van der Waals surface area contributed by atoms with E-state index in [-0.39, 0.29) is 30.1 Å². The Bertz CT molecular complexity index is 728. The quantitative estimate of drug-likeness (QED) is 0.394. The van der Waals surface area contributed by atoms with E-state index in [1.54, 1.807) is 12.1 Å². The number of likely N-dealkylation sites (tertiary alicyclic amines) is 1. The van der Waals surface area contributed by atoms with Gasteiger partial charge in [-0.05, 0) is 56.5 Å². The summed E-state index contributed by atoms with van der Waals surface area (Å²) in [5.41, 5.74) is 6.18. The van der Waals surface area contributed by atoms with E-state index in [0.717, 1.165) is 44.3 Å². The van der Waals surface area contributed by atoms with E-state index in [2.05, 4.69) is 20.9 Å². The van der Waals surface area contributed by atoms with E-state index in [1.165, 1.54) is 12.1 Å². The second-order valence-electron chi connectivity index (χ2n) is 7.98. The lowest BCUT2D eigenvalue weighted by atomic mass is 9.97. The van der Waals surface area contributed by atoms with Crippen LogP contribution in [0.1, 0.15) is 44.6 Å². The highest BCUT2D eigenvalue weighted by Crippen LogP contribution is 2.15. The number of rotatable bonds is 11. The Kier molecular flexibility index (Phi) is 10.2. The molecule has 0 aliphatic carbocycles. The van der Waals surface area contributed by atoms with Crippen LogP contribution >= 0.6 is 0 Å². The minimum absolute atomic E-state index is 0.0881. The van der Waals surface area contributed by atoms with Crippen LogP contribution in [0.25, 0.3) is 0 Å². The van der Waals surface area contributed by atoms with Crippen LogP contribution in [-0.2, 0) is 16.1 Å². The number of nitrogens with one attached hydrogen (secondary N) is 3. The van der Waals surface area contributed by atoms with E-state index in [0.29, 0.717) is 19.5 Å². The number of piperidine rings is 1. The van der Waals surface area contributed by atoms with Gasteiger partial charge in [0.2, 0.25) is 11.8 Å². The first-order valence-electron chi connectivity index (χ1n) is 11.0.